The topological polar surface area (TPSA) is 55.6 Å². The van der Waals surface area contributed by atoms with Crippen LogP contribution in [0.4, 0.5) is 5.69 Å². The fraction of sp³-hybridized carbons (Fsp3) is 0.368. The van der Waals surface area contributed by atoms with Crippen molar-refractivity contribution in [1.82, 2.24) is 4.90 Å². The molecular formula is C19H21ClN2O3. The molecule has 6 heteroatoms. The van der Waals surface area contributed by atoms with Gasteiger partial charge < -0.3 is 9.64 Å². The summed E-state index contributed by atoms with van der Waals surface area (Å²) in [6, 6.07) is 12.6. The smallest absolute Gasteiger partial charge is 0.269 e. The first-order valence-electron chi connectivity index (χ1n) is 8.30. The van der Waals surface area contributed by atoms with Crippen LogP contribution in [0.1, 0.15) is 30.1 Å². The molecule has 0 saturated carbocycles. The van der Waals surface area contributed by atoms with E-state index < -0.39 is 4.92 Å². The predicted octanol–water partition coefficient (Wildman–Crippen LogP) is 4.63. The van der Waals surface area contributed by atoms with Crippen LogP contribution in [0.2, 0.25) is 5.02 Å². The van der Waals surface area contributed by atoms with Crippen molar-refractivity contribution in [2.24, 2.45) is 0 Å². The van der Waals surface area contributed by atoms with E-state index in [0.717, 1.165) is 24.8 Å². The minimum absolute atomic E-state index is 0.0582. The van der Waals surface area contributed by atoms with Crippen LogP contribution in [-0.2, 0) is 6.42 Å². The van der Waals surface area contributed by atoms with E-state index in [1.165, 1.54) is 17.7 Å². The van der Waals surface area contributed by atoms with E-state index in [2.05, 4.69) is 25.1 Å². The van der Waals surface area contributed by atoms with Crippen molar-refractivity contribution >= 4 is 17.3 Å². The van der Waals surface area contributed by atoms with Crippen LogP contribution in [0.5, 0.6) is 5.75 Å². The van der Waals surface area contributed by atoms with Crippen molar-refractivity contribution in [3.8, 4) is 5.75 Å². The summed E-state index contributed by atoms with van der Waals surface area (Å²) in [5.41, 5.74) is 2.42. The van der Waals surface area contributed by atoms with Crippen molar-refractivity contribution in [2.75, 3.05) is 14.1 Å². The Labute approximate surface area is 152 Å². The monoisotopic (exact) mass is 360 g/mol. The van der Waals surface area contributed by atoms with Gasteiger partial charge in [-0.3, -0.25) is 10.1 Å². The lowest BCUT2D eigenvalue weighted by Gasteiger charge is -2.27. The highest BCUT2D eigenvalue weighted by Crippen LogP contribution is 2.35. The van der Waals surface area contributed by atoms with E-state index in [9.17, 15) is 10.1 Å². The number of ether oxygens (including phenoxy) is 1. The van der Waals surface area contributed by atoms with Crippen LogP contribution < -0.4 is 4.74 Å². The average Bonchev–Trinajstić information content (AvgIpc) is 2.75. The number of nitrogens with zero attached hydrogens (tertiary/aromatic N) is 2. The molecule has 2 aromatic carbocycles. The second-order valence-electron chi connectivity index (χ2n) is 6.59. The molecule has 0 heterocycles. The van der Waals surface area contributed by atoms with Crippen molar-refractivity contribution < 1.29 is 9.66 Å². The van der Waals surface area contributed by atoms with Crippen LogP contribution in [0, 0.1) is 10.1 Å². The quantitative estimate of drug-likeness (QED) is 0.453. The maximum Gasteiger partial charge on any atom is 0.269 e. The summed E-state index contributed by atoms with van der Waals surface area (Å²) in [5, 5.41) is 11.5. The van der Waals surface area contributed by atoms with E-state index in [4.69, 9.17) is 16.3 Å². The lowest BCUT2D eigenvalue weighted by Crippen LogP contribution is -2.30. The molecule has 0 spiro atoms. The zero-order valence-electron chi connectivity index (χ0n) is 14.3. The Morgan fingerprint density at radius 3 is 2.56 bits per heavy atom. The molecule has 2 atom stereocenters. The summed E-state index contributed by atoms with van der Waals surface area (Å²) in [6.07, 6.45) is 2.75. The molecule has 1 aliphatic rings. The maximum absolute atomic E-state index is 10.8. The largest absolute Gasteiger partial charge is 0.486 e. The molecule has 25 heavy (non-hydrogen) atoms. The molecule has 0 aliphatic heterocycles. The summed E-state index contributed by atoms with van der Waals surface area (Å²) in [6.45, 7) is 0. The van der Waals surface area contributed by atoms with Crippen molar-refractivity contribution in [2.45, 2.75) is 31.4 Å². The molecule has 132 valence electrons. The third kappa shape index (κ3) is 4.11. The van der Waals surface area contributed by atoms with Gasteiger partial charge in [0.05, 0.1) is 4.92 Å². The van der Waals surface area contributed by atoms with Gasteiger partial charge in [0.2, 0.25) is 0 Å². The lowest BCUT2D eigenvalue weighted by molar-refractivity contribution is -0.384. The molecule has 0 fully saturated rings. The minimum atomic E-state index is -0.410. The molecule has 0 N–H and O–H groups in total. The van der Waals surface area contributed by atoms with Crippen molar-refractivity contribution in [3.05, 3.63) is 68.7 Å². The number of rotatable bonds is 4. The first-order valence-corrected chi connectivity index (χ1v) is 8.67. The first kappa shape index (κ1) is 17.7. The molecule has 0 bridgehead atoms. The number of hydrogen-bond acceptors (Lipinski definition) is 4. The number of fused-ring (bicyclic) bond motifs is 1. The van der Waals surface area contributed by atoms with Gasteiger partial charge in [-0.2, -0.15) is 0 Å². The molecule has 5 nitrogen and oxygen atoms in total. The normalized spacial score (nSPS) is 20.0. The summed E-state index contributed by atoms with van der Waals surface area (Å²) < 4.78 is 6.22. The van der Waals surface area contributed by atoms with Crippen LogP contribution in [0.15, 0.2) is 42.5 Å². The summed E-state index contributed by atoms with van der Waals surface area (Å²) in [4.78, 5) is 12.6. The van der Waals surface area contributed by atoms with Crippen LogP contribution in [0.25, 0.3) is 0 Å². The summed E-state index contributed by atoms with van der Waals surface area (Å²) >= 11 is 6.21. The highest BCUT2D eigenvalue weighted by atomic mass is 35.5. The lowest BCUT2D eigenvalue weighted by atomic mass is 10.0. The SMILES string of the molecule is CN(C)[C@H]1CCc2ccc(Cl)cc2[C@H](Oc2ccc([N+](=O)[O-])cc2)C1. The van der Waals surface area contributed by atoms with Gasteiger partial charge >= 0.3 is 0 Å². The number of non-ortho nitro benzene ring substituents is 1. The number of aryl methyl sites for hydroxylation is 1. The number of halogens is 1. The number of nitro groups is 1. The Morgan fingerprint density at radius 1 is 1.20 bits per heavy atom. The summed E-state index contributed by atoms with van der Waals surface area (Å²) in [7, 11) is 4.16. The van der Waals surface area contributed by atoms with Gasteiger partial charge in [-0.15, -0.1) is 0 Å². The second-order valence-corrected chi connectivity index (χ2v) is 7.03. The summed E-state index contributed by atoms with van der Waals surface area (Å²) in [5.74, 6) is 0.626. The van der Waals surface area contributed by atoms with E-state index in [1.54, 1.807) is 12.1 Å². The maximum atomic E-state index is 10.8. The zero-order valence-corrected chi connectivity index (χ0v) is 15.1. The van der Waals surface area contributed by atoms with Gasteiger partial charge in [0.15, 0.2) is 0 Å². The van der Waals surface area contributed by atoms with E-state index in [1.807, 2.05) is 12.1 Å². The second kappa shape index (κ2) is 7.42. The van der Waals surface area contributed by atoms with Crippen LogP contribution >= 0.6 is 11.6 Å². The third-order valence-corrected chi connectivity index (χ3v) is 4.98. The van der Waals surface area contributed by atoms with Gasteiger partial charge in [0.25, 0.3) is 5.69 Å². The minimum Gasteiger partial charge on any atom is -0.486 e. The molecule has 0 unspecified atom stereocenters. The van der Waals surface area contributed by atoms with Crippen LogP contribution in [-0.4, -0.2) is 30.0 Å². The average molecular weight is 361 g/mol. The molecule has 0 amide bonds. The Bertz CT molecular complexity index is 762. The number of benzene rings is 2. The molecule has 0 aromatic heterocycles. The third-order valence-electron chi connectivity index (χ3n) is 4.74. The van der Waals surface area contributed by atoms with Gasteiger partial charge in [-0.05, 0) is 62.3 Å². The fourth-order valence-electron chi connectivity index (χ4n) is 3.30. The Hall–Kier alpha value is -2.11. The fourth-order valence-corrected chi connectivity index (χ4v) is 3.48. The predicted molar refractivity (Wildman–Crippen MR) is 98.3 cm³/mol. The molecule has 1 aliphatic carbocycles. The van der Waals surface area contributed by atoms with Gasteiger partial charge in [-0.25, -0.2) is 0 Å². The van der Waals surface area contributed by atoms with Gasteiger partial charge in [0.1, 0.15) is 11.9 Å². The van der Waals surface area contributed by atoms with E-state index >= 15 is 0 Å². The number of hydrogen-bond donors (Lipinski definition) is 0. The molecule has 3 rings (SSSR count). The highest BCUT2D eigenvalue weighted by molar-refractivity contribution is 6.30. The standard InChI is InChI=1S/C19H21ClN2O3/c1-21(2)16-6-4-13-3-5-14(20)11-18(13)19(12-16)25-17-9-7-15(8-10-17)22(23)24/h3,5,7-11,16,19H,4,6,12H2,1-2H3/t16-,19+/m0/s1. The number of nitro benzene ring substituents is 1. The Balaban J connectivity index is 1.90. The Kier molecular flexibility index (Phi) is 5.25. The highest BCUT2D eigenvalue weighted by Gasteiger charge is 2.27. The van der Waals surface area contributed by atoms with Crippen molar-refractivity contribution in [3.63, 3.8) is 0 Å². The van der Waals surface area contributed by atoms with Gasteiger partial charge in [0, 0.05) is 29.6 Å². The zero-order chi connectivity index (χ0) is 18.0. The van der Waals surface area contributed by atoms with E-state index in [-0.39, 0.29) is 11.8 Å². The molecular weight excluding hydrogens is 340 g/mol. The van der Waals surface area contributed by atoms with Gasteiger partial charge in [-0.1, -0.05) is 17.7 Å². The van der Waals surface area contributed by atoms with Crippen molar-refractivity contribution in [1.29, 1.82) is 0 Å². The first-order chi connectivity index (χ1) is 11.9. The molecule has 2 aromatic rings. The molecule has 0 saturated heterocycles. The van der Waals surface area contributed by atoms with E-state index in [0.29, 0.717) is 16.8 Å². The Morgan fingerprint density at radius 2 is 1.92 bits per heavy atom. The molecule has 0 radical (unpaired) electrons. The van der Waals surface area contributed by atoms with Crippen LogP contribution in [0.3, 0.4) is 0 Å².